The smallest absolute Gasteiger partial charge is 0.296 e. The van der Waals surface area contributed by atoms with E-state index >= 15 is 0 Å². The van der Waals surface area contributed by atoms with E-state index in [0.717, 1.165) is 48.5 Å². The zero-order valence-electron chi connectivity index (χ0n) is 33.7. The molecule has 350 valence electrons. The van der Waals surface area contributed by atoms with Crippen molar-refractivity contribution >= 4 is 119 Å². The number of carbonyl (C=O) groups excluding carboxylic acids is 2. The van der Waals surface area contributed by atoms with Gasteiger partial charge in [-0.25, -0.2) is 0 Å². The molecule has 0 aliphatic heterocycles. The van der Waals surface area contributed by atoms with Gasteiger partial charge in [0.1, 0.15) is 44.0 Å². The second kappa shape index (κ2) is 17.7. The standard InChI is InChI=1S/C40H30N8O16S4/c41-27-9-5-21-13-25(65(53,54)55)17-31(49)35(21)37(27)47-45-29-11-7-23(15-33(29)67(59,60)61)43-39(51)19-1-2-20(4-3-19)40(52)44-24-8-12-30(34(16-24)68(62,63)64)46-48-38-28(42)10-6-22-14-26(66(56,57)58)18-32(50)36(22)38/h1-18,49-50H,41-42H2,(H,43,51)(H,44,52)(H,53,54,55)(H,56,57,58)(H,59,60,61)(H,62,63,64). The van der Waals surface area contributed by atoms with Crippen LogP contribution in [0.3, 0.4) is 0 Å². The second-order valence-corrected chi connectivity index (χ2v) is 19.9. The number of nitrogens with one attached hydrogen (secondary N) is 2. The Morgan fingerprint density at radius 1 is 0.441 bits per heavy atom. The predicted octanol–water partition coefficient (Wildman–Crippen LogP) is 6.89. The van der Waals surface area contributed by atoms with E-state index < -0.39 is 94.7 Å². The van der Waals surface area contributed by atoms with Crippen molar-refractivity contribution in [2.24, 2.45) is 20.5 Å². The molecular formula is C40H30N8O16S4. The predicted molar refractivity (Wildman–Crippen MR) is 243 cm³/mol. The molecule has 28 heteroatoms. The van der Waals surface area contributed by atoms with Crippen molar-refractivity contribution in [3.8, 4) is 11.5 Å². The molecule has 0 radical (unpaired) electrons. The van der Waals surface area contributed by atoms with Crippen molar-refractivity contribution < 1.29 is 71.7 Å². The van der Waals surface area contributed by atoms with Crippen LogP contribution in [0.2, 0.25) is 0 Å². The van der Waals surface area contributed by atoms with Crippen LogP contribution < -0.4 is 22.1 Å². The van der Waals surface area contributed by atoms with E-state index in [1.165, 1.54) is 60.7 Å². The zero-order valence-corrected chi connectivity index (χ0v) is 37.0. The lowest BCUT2D eigenvalue weighted by Gasteiger charge is -2.11. The first-order valence-electron chi connectivity index (χ1n) is 18.5. The van der Waals surface area contributed by atoms with E-state index in [1.54, 1.807) is 0 Å². The number of benzene rings is 7. The number of phenolic OH excluding ortho intramolecular Hbond substituents is 2. The van der Waals surface area contributed by atoms with Gasteiger partial charge in [-0.05, 0) is 95.7 Å². The van der Waals surface area contributed by atoms with Crippen molar-refractivity contribution in [3.05, 3.63) is 120 Å². The lowest BCUT2D eigenvalue weighted by molar-refractivity contribution is 0.101. The maximum Gasteiger partial charge on any atom is 0.296 e. The van der Waals surface area contributed by atoms with Crippen molar-refractivity contribution in [2.45, 2.75) is 19.6 Å². The summed E-state index contributed by atoms with van der Waals surface area (Å²) in [6.07, 6.45) is 0. The summed E-state index contributed by atoms with van der Waals surface area (Å²) in [5.74, 6) is -2.97. The van der Waals surface area contributed by atoms with Crippen molar-refractivity contribution in [2.75, 3.05) is 22.1 Å². The van der Waals surface area contributed by atoms with Crippen LogP contribution in [0.5, 0.6) is 11.5 Å². The van der Waals surface area contributed by atoms with Crippen LogP contribution in [0.25, 0.3) is 21.5 Å². The van der Waals surface area contributed by atoms with Gasteiger partial charge in [0.05, 0.1) is 31.9 Å². The van der Waals surface area contributed by atoms with Crippen LogP contribution in [-0.4, -0.2) is 73.9 Å². The molecule has 0 saturated carbocycles. The lowest BCUT2D eigenvalue weighted by atomic mass is 10.1. The minimum atomic E-state index is -5.04. The highest BCUT2D eigenvalue weighted by Crippen LogP contribution is 2.43. The molecule has 0 aliphatic carbocycles. The molecule has 12 N–H and O–H groups in total. The molecule has 68 heavy (non-hydrogen) atoms. The van der Waals surface area contributed by atoms with E-state index in [4.69, 9.17) is 11.5 Å². The van der Waals surface area contributed by atoms with Gasteiger partial charge in [-0.1, -0.05) is 12.1 Å². The number of hydrogen-bond acceptors (Lipinski definition) is 18. The number of anilines is 4. The summed E-state index contributed by atoms with van der Waals surface area (Å²) in [6.45, 7) is 0. The van der Waals surface area contributed by atoms with Crippen molar-refractivity contribution in [3.63, 3.8) is 0 Å². The van der Waals surface area contributed by atoms with E-state index in [-0.39, 0.29) is 66.8 Å². The van der Waals surface area contributed by atoms with E-state index in [1.807, 2.05) is 0 Å². The third-order valence-corrected chi connectivity index (χ3v) is 13.1. The minimum absolute atomic E-state index is 0.0514. The normalized spacial score (nSPS) is 12.5. The van der Waals surface area contributed by atoms with E-state index in [0.29, 0.717) is 0 Å². The number of rotatable bonds is 12. The Morgan fingerprint density at radius 2 is 0.794 bits per heavy atom. The van der Waals surface area contributed by atoms with Crippen molar-refractivity contribution in [1.82, 2.24) is 0 Å². The van der Waals surface area contributed by atoms with E-state index in [9.17, 15) is 71.7 Å². The summed E-state index contributed by atoms with van der Waals surface area (Å²) < 4.78 is 135. The average molecular weight is 1010 g/mol. The molecule has 0 saturated heterocycles. The summed E-state index contributed by atoms with van der Waals surface area (Å²) in [5, 5.41) is 41.5. The Bertz CT molecular complexity index is 3580. The molecule has 0 spiro atoms. The molecule has 2 amide bonds. The van der Waals surface area contributed by atoms with E-state index in [2.05, 4.69) is 31.1 Å². The van der Waals surface area contributed by atoms with Crippen LogP contribution in [0.15, 0.2) is 149 Å². The summed E-state index contributed by atoms with van der Waals surface area (Å²) in [5.41, 5.74) is 10.1. The van der Waals surface area contributed by atoms with Crippen LogP contribution in [-0.2, 0) is 40.5 Å². The summed E-state index contributed by atoms with van der Waals surface area (Å²) >= 11 is 0. The maximum absolute atomic E-state index is 13.2. The van der Waals surface area contributed by atoms with Crippen LogP contribution in [0.1, 0.15) is 20.7 Å². The average Bonchev–Trinajstić information content (AvgIpc) is 3.25. The Morgan fingerprint density at radius 3 is 1.12 bits per heavy atom. The summed E-state index contributed by atoms with van der Waals surface area (Å²) in [4.78, 5) is 23.4. The number of hydrogen-bond donors (Lipinski definition) is 10. The van der Waals surface area contributed by atoms with Gasteiger partial charge in [0.25, 0.3) is 52.3 Å². The first-order chi connectivity index (χ1) is 31.7. The minimum Gasteiger partial charge on any atom is -0.507 e. The lowest BCUT2D eigenvalue weighted by Crippen LogP contribution is -2.15. The molecule has 7 aromatic carbocycles. The number of aromatic hydroxyl groups is 2. The second-order valence-electron chi connectivity index (χ2n) is 14.2. The largest absolute Gasteiger partial charge is 0.507 e. The molecular weight excluding hydrogens is 977 g/mol. The Labute approximate surface area is 383 Å². The maximum atomic E-state index is 13.2. The Kier molecular flexibility index (Phi) is 12.5. The number of nitrogens with zero attached hydrogens (tertiary/aromatic N) is 4. The van der Waals surface area contributed by atoms with Gasteiger partial charge in [0, 0.05) is 34.6 Å². The van der Waals surface area contributed by atoms with Crippen LogP contribution in [0, 0.1) is 0 Å². The third kappa shape index (κ3) is 10.2. The number of fused-ring (bicyclic) bond motifs is 2. The number of amides is 2. The van der Waals surface area contributed by atoms with Gasteiger partial charge >= 0.3 is 0 Å². The fourth-order valence-electron chi connectivity index (χ4n) is 6.49. The first kappa shape index (κ1) is 48.0. The van der Waals surface area contributed by atoms with Gasteiger partial charge in [0.15, 0.2) is 0 Å². The fourth-order valence-corrected chi connectivity index (χ4v) is 8.86. The number of azo groups is 2. The number of phenols is 2. The Balaban J connectivity index is 1.08. The van der Waals surface area contributed by atoms with Crippen molar-refractivity contribution in [1.29, 1.82) is 0 Å². The van der Waals surface area contributed by atoms with Gasteiger partial charge in [0.2, 0.25) is 0 Å². The summed E-state index contributed by atoms with van der Waals surface area (Å²) in [6, 6.07) is 19.8. The monoisotopic (exact) mass is 1010 g/mol. The molecule has 0 heterocycles. The summed E-state index contributed by atoms with van der Waals surface area (Å²) in [7, 11) is -19.5. The highest BCUT2D eigenvalue weighted by atomic mass is 32.2. The molecule has 0 fully saturated rings. The number of nitrogen functional groups attached to an aromatic ring is 2. The van der Waals surface area contributed by atoms with Gasteiger partial charge in [-0.2, -0.15) is 33.7 Å². The van der Waals surface area contributed by atoms with Gasteiger partial charge in [-0.15, -0.1) is 20.5 Å². The molecule has 7 aromatic rings. The SMILES string of the molecule is Nc1ccc2cc(S(=O)(=O)O)cc(O)c2c1N=Nc1ccc(NC(=O)c2ccc(C(=O)Nc3ccc(N=Nc4c(N)ccc5cc(S(=O)(=O)O)cc(O)c45)c(S(=O)(=O)O)c3)cc2)cc1S(=O)(=O)O. The Hall–Kier alpha value is -7.96. The third-order valence-electron chi connectivity index (χ3n) is 9.66. The number of nitrogens with two attached hydrogens (primary N) is 2. The zero-order chi connectivity index (χ0) is 49.7. The van der Waals surface area contributed by atoms with Crippen LogP contribution >= 0.6 is 0 Å². The van der Waals surface area contributed by atoms with Gasteiger partial charge in [-0.3, -0.25) is 27.8 Å². The highest BCUT2D eigenvalue weighted by Gasteiger charge is 2.23. The topological polar surface area (TPSA) is 418 Å². The number of carbonyl (C=O) groups is 2. The van der Waals surface area contributed by atoms with Crippen LogP contribution in [0.4, 0.5) is 45.5 Å². The molecule has 0 aliphatic rings. The molecule has 24 nitrogen and oxygen atoms in total. The van der Waals surface area contributed by atoms with Gasteiger partial charge < -0.3 is 32.3 Å². The molecule has 0 atom stereocenters. The fraction of sp³-hybridized carbons (Fsp3) is 0. The first-order valence-corrected chi connectivity index (χ1v) is 24.3. The molecule has 0 bridgehead atoms. The molecule has 7 rings (SSSR count). The highest BCUT2D eigenvalue weighted by molar-refractivity contribution is 7.86. The molecule has 0 unspecified atom stereocenters. The quantitative estimate of drug-likeness (QED) is 0.0338. The molecule has 0 aromatic heterocycles.